The van der Waals surface area contributed by atoms with Crippen LogP contribution in [0.1, 0.15) is 37.0 Å². The summed E-state index contributed by atoms with van der Waals surface area (Å²) in [6, 6.07) is 6.13. The van der Waals surface area contributed by atoms with Crippen LogP contribution in [-0.4, -0.2) is 30.3 Å². The summed E-state index contributed by atoms with van der Waals surface area (Å²) in [4.78, 5) is 36.0. The number of para-hydroxylation sites is 1. The molecule has 6 heteroatoms. The molecule has 1 aromatic rings. The Kier molecular flexibility index (Phi) is 5.14. The largest absolute Gasteiger partial charge is 0.356 e. The number of rotatable bonds is 5. The highest BCUT2D eigenvalue weighted by atomic mass is 16.2. The van der Waals surface area contributed by atoms with Gasteiger partial charge >= 0.3 is 0 Å². The molecule has 6 nitrogen and oxygen atoms in total. The molecular formula is C16H21N3O3. The quantitative estimate of drug-likeness (QED) is 0.766. The van der Waals surface area contributed by atoms with E-state index in [1.54, 1.807) is 24.3 Å². The van der Waals surface area contributed by atoms with Gasteiger partial charge in [-0.25, -0.2) is 0 Å². The van der Waals surface area contributed by atoms with Crippen molar-refractivity contribution in [2.24, 2.45) is 5.92 Å². The lowest BCUT2D eigenvalue weighted by Crippen LogP contribution is -2.42. The maximum absolute atomic E-state index is 12.1. The minimum Gasteiger partial charge on any atom is -0.356 e. The lowest BCUT2D eigenvalue weighted by molar-refractivity contribution is -0.122. The van der Waals surface area contributed by atoms with Gasteiger partial charge < -0.3 is 16.0 Å². The molecule has 1 atom stereocenters. The fourth-order valence-electron chi connectivity index (χ4n) is 2.20. The van der Waals surface area contributed by atoms with Gasteiger partial charge in [-0.3, -0.25) is 14.4 Å². The normalized spacial score (nSPS) is 17.3. The summed E-state index contributed by atoms with van der Waals surface area (Å²) in [5.41, 5.74) is 0.930. The molecule has 1 aliphatic rings. The third kappa shape index (κ3) is 4.07. The number of carbonyl (C=O) groups excluding carboxylic acids is 3. The number of hydrogen-bond donors (Lipinski definition) is 3. The Morgan fingerprint density at radius 2 is 2.00 bits per heavy atom. The van der Waals surface area contributed by atoms with Crippen LogP contribution >= 0.6 is 0 Å². The van der Waals surface area contributed by atoms with Crippen LogP contribution < -0.4 is 16.0 Å². The van der Waals surface area contributed by atoms with Crippen molar-refractivity contribution in [3.05, 3.63) is 29.8 Å². The van der Waals surface area contributed by atoms with E-state index in [4.69, 9.17) is 0 Å². The molecule has 0 spiro atoms. The van der Waals surface area contributed by atoms with E-state index in [0.717, 1.165) is 0 Å². The van der Waals surface area contributed by atoms with Crippen LogP contribution in [0.5, 0.6) is 0 Å². The molecule has 3 amide bonds. The summed E-state index contributed by atoms with van der Waals surface area (Å²) in [7, 11) is 0. The molecule has 0 radical (unpaired) electrons. The van der Waals surface area contributed by atoms with Crippen LogP contribution in [0.15, 0.2) is 24.3 Å². The minimum atomic E-state index is -0.704. The molecule has 0 aromatic heterocycles. The zero-order valence-electron chi connectivity index (χ0n) is 12.8. The number of hydrogen-bond acceptors (Lipinski definition) is 3. The first-order valence-electron chi connectivity index (χ1n) is 7.45. The smallest absolute Gasteiger partial charge is 0.254 e. The molecule has 2 rings (SSSR count). The van der Waals surface area contributed by atoms with Gasteiger partial charge in [0, 0.05) is 13.0 Å². The molecule has 0 saturated heterocycles. The first kappa shape index (κ1) is 16.0. The van der Waals surface area contributed by atoms with Gasteiger partial charge in [0.15, 0.2) is 0 Å². The maximum Gasteiger partial charge on any atom is 0.254 e. The molecule has 0 bridgehead atoms. The predicted molar refractivity (Wildman–Crippen MR) is 83.4 cm³/mol. The van der Waals surface area contributed by atoms with Gasteiger partial charge in [-0.1, -0.05) is 26.0 Å². The van der Waals surface area contributed by atoms with Gasteiger partial charge in [0.1, 0.15) is 6.04 Å². The topological polar surface area (TPSA) is 87.3 Å². The van der Waals surface area contributed by atoms with E-state index in [1.807, 2.05) is 13.8 Å². The van der Waals surface area contributed by atoms with E-state index >= 15 is 0 Å². The first-order valence-corrected chi connectivity index (χ1v) is 7.45. The molecule has 0 fully saturated rings. The Morgan fingerprint density at radius 1 is 1.27 bits per heavy atom. The molecule has 1 aliphatic heterocycles. The van der Waals surface area contributed by atoms with Crippen molar-refractivity contribution in [1.82, 2.24) is 10.6 Å². The van der Waals surface area contributed by atoms with E-state index < -0.39 is 6.04 Å². The van der Waals surface area contributed by atoms with E-state index in [2.05, 4.69) is 16.0 Å². The maximum atomic E-state index is 12.1. The SMILES string of the molecule is CC(C)CNC(=O)CC[C@H]1NC(=O)c2ccccc2NC1=O. The standard InChI is InChI=1S/C16H21N3O3/c1-10(2)9-17-14(20)8-7-13-16(22)18-12-6-4-3-5-11(12)15(21)19-13/h3-6,10,13H,7-9H2,1-2H3,(H,17,20)(H,18,22)(H,19,21)/t13-/m1/s1. The lowest BCUT2D eigenvalue weighted by atomic mass is 10.1. The molecule has 118 valence electrons. The van der Waals surface area contributed by atoms with E-state index in [9.17, 15) is 14.4 Å². The molecule has 0 aliphatic carbocycles. The van der Waals surface area contributed by atoms with E-state index in [1.165, 1.54) is 0 Å². The molecule has 0 unspecified atom stereocenters. The van der Waals surface area contributed by atoms with Gasteiger partial charge in [0.25, 0.3) is 5.91 Å². The number of amides is 3. The number of fused-ring (bicyclic) bond motifs is 1. The molecule has 22 heavy (non-hydrogen) atoms. The average Bonchev–Trinajstić information content (AvgIpc) is 2.60. The second-order valence-corrected chi connectivity index (χ2v) is 5.80. The van der Waals surface area contributed by atoms with Crippen molar-refractivity contribution < 1.29 is 14.4 Å². The Morgan fingerprint density at radius 3 is 2.73 bits per heavy atom. The highest BCUT2D eigenvalue weighted by Crippen LogP contribution is 2.19. The number of anilines is 1. The molecule has 3 N–H and O–H groups in total. The number of benzene rings is 1. The highest BCUT2D eigenvalue weighted by Gasteiger charge is 2.27. The number of nitrogens with one attached hydrogen (secondary N) is 3. The fourth-order valence-corrected chi connectivity index (χ4v) is 2.20. The summed E-state index contributed by atoms with van der Waals surface area (Å²) in [6.07, 6.45) is 0.469. The summed E-state index contributed by atoms with van der Waals surface area (Å²) in [5, 5.41) is 8.19. The van der Waals surface area contributed by atoms with Crippen LogP contribution in [0, 0.1) is 5.92 Å². The van der Waals surface area contributed by atoms with Gasteiger partial charge in [0.2, 0.25) is 11.8 Å². The zero-order chi connectivity index (χ0) is 16.1. The summed E-state index contributed by atoms with van der Waals surface area (Å²) in [6.45, 7) is 4.63. The second-order valence-electron chi connectivity index (χ2n) is 5.80. The molecule has 0 saturated carbocycles. The molecular weight excluding hydrogens is 282 g/mol. The Bertz CT molecular complexity index is 584. The van der Waals surface area contributed by atoms with Crippen LogP contribution in [0.3, 0.4) is 0 Å². The van der Waals surface area contributed by atoms with Crippen LogP contribution in [-0.2, 0) is 9.59 Å². The van der Waals surface area contributed by atoms with Gasteiger partial charge in [-0.15, -0.1) is 0 Å². The van der Waals surface area contributed by atoms with Crippen molar-refractivity contribution in [2.45, 2.75) is 32.7 Å². The monoisotopic (exact) mass is 303 g/mol. The summed E-state index contributed by atoms with van der Waals surface area (Å²) in [5.74, 6) is -0.340. The highest BCUT2D eigenvalue weighted by molar-refractivity contribution is 6.09. The van der Waals surface area contributed by atoms with Gasteiger partial charge in [-0.05, 0) is 24.5 Å². The van der Waals surface area contributed by atoms with Crippen molar-refractivity contribution >= 4 is 23.4 Å². The summed E-state index contributed by atoms with van der Waals surface area (Å²) >= 11 is 0. The molecule has 1 heterocycles. The van der Waals surface area contributed by atoms with E-state index in [0.29, 0.717) is 23.7 Å². The second kappa shape index (κ2) is 7.06. The zero-order valence-corrected chi connectivity index (χ0v) is 12.8. The Balaban J connectivity index is 1.95. The lowest BCUT2D eigenvalue weighted by Gasteiger charge is -2.14. The number of carbonyl (C=O) groups is 3. The predicted octanol–water partition coefficient (Wildman–Crippen LogP) is 1.29. The van der Waals surface area contributed by atoms with Crippen LogP contribution in [0.2, 0.25) is 0 Å². The van der Waals surface area contributed by atoms with Crippen molar-refractivity contribution in [2.75, 3.05) is 11.9 Å². The van der Waals surface area contributed by atoms with Gasteiger partial charge in [0.05, 0.1) is 11.3 Å². The van der Waals surface area contributed by atoms with Crippen molar-refractivity contribution in [3.8, 4) is 0 Å². The summed E-state index contributed by atoms with van der Waals surface area (Å²) < 4.78 is 0. The van der Waals surface area contributed by atoms with Gasteiger partial charge in [-0.2, -0.15) is 0 Å². The Hall–Kier alpha value is -2.37. The minimum absolute atomic E-state index is 0.113. The Labute approximate surface area is 129 Å². The first-order chi connectivity index (χ1) is 10.5. The van der Waals surface area contributed by atoms with E-state index in [-0.39, 0.29) is 30.6 Å². The fraction of sp³-hybridized carbons (Fsp3) is 0.438. The third-order valence-electron chi connectivity index (χ3n) is 3.42. The van der Waals surface area contributed by atoms with Crippen LogP contribution in [0.25, 0.3) is 0 Å². The third-order valence-corrected chi connectivity index (χ3v) is 3.42. The average molecular weight is 303 g/mol. The molecule has 1 aromatic carbocycles. The van der Waals surface area contributed by atoms with Crippen molar-refractivity contribution in [1.29, 1.82) is 0 Å². The van der Waals surface area contributed by atoms with Crippen molar-refractivity contribution in [3.63, 3.8) is 0 Å². The van der Waals surface area contributed by atoms with Crippen LogP contribution in [0.4, 0.5) is 5.69 Å².